The molecule has 0 bridgehead atoms. The fourth-order valence-electron chi connectivity index (χ4n) is 1.14. The summed E-state index contributed by atoms with van der Waals surface area (Å²) in [6.45, 7) is -0.372. The predicted octanol–water partition coefficient (Wildman–Crippen LogP) is 3.04. The summed E-state index contributed by atoms with van der Waals surface area (Å²) in [7, 11) is 0. The van der Waals surface area contributed by atoms with Crippen LogP contribution in [0, 0.1) is 0 Å². The smallest absolute Gasteiger partial charge is 0.338 e. The van der Waals surface area contributed by atoms with Crippen molar-refractivity contribution in [3.63, 3.8) is 0 Å². The maximum Gasteiger partial charge on any atom is 0.338 e. The molecule has 2 nitrogen and oxygen atoms in total. The molecule has 16 heavy (non-hydrogen) atoms. The van der Waals surface area contributed by atoms with Crippen LogP contribution in [0.25, 0.3) is 0 Å². The van der Waals surface area contributed by atoms with Crippen LogP contribution in [0.15, 0.2) is 60.5 Å². The lowest BCUT2D eigenvalue weighted by Gasteiger charge is -2.04. The first-order valence-corrected chi connectivity index (χ1v) is 4.71. The Morgan fingerprint density at radius 2 is 1.81 bits per heavy atom. The van der Waals surface area contributed by atoms with Crippen LogP contribution in [-0.4, -0.2) is 5.97 Å². The Bertz CT molecular complexity index is 657. The summed E-state index contributed by atoms with van der Waals surface area (Å²) in [6, 6.07) is 6.19. The second-order valence-corrected chi connectivity index (χ2v) is 3.05. The lowest BCUT2D eigenvalue weighted by Crippen LogP contribution is -2.04. The Morgan fingerprint density at radius 3 is 2.50 bits per heavy atom. The number of carbonyl (C=O) groups is 1. The number of carbonyl (C=O) groups excluding carboxylic acids is 1. The topological polar surface area (TPSA) is 26.3 Å². The van der Waals surface area contributed by atoms with E-state index in [9.17, 15) is 4.79 Å². The summed E-state index contributed by atoms with van der Waals surface area (Å²) in [6.07, 6.45) is 0. The molecule has 0 aliphatic rings. The minimum Gasteiger partial charge on any atom is -0.457 e. The van der Waals surface area contributed by atoms with E-state index in [0.29, 0.717) is 5.56 Å². The van der Waals surface area contributed by atoms with E-state index in [1.165, 1.54) is 0 Å². The molecule has 0 aromatic heterocycles. The number of benzene rings is 2. The van der Waals surface area contributed by atoms with E-state index in [1.807, 2.05) is 0 Å². The summed E-state index contributed by atoms with van der Waals surface area (Å²) in [5.41, 5.74) is 0.301. The molecule has 0 aliphatic heterocycles. The monoisotopic (exact) mass is 217 g/mol. The van der Waals surface area contributed by atoms with Gasteiger partial charge in [0.05, 0.1) is 12.4 Å². The van der Waals surface area contributed by atoms with Crippen LogP contribution in [0.5, 0.6) is 0 Å². The van der Waals surface area contributed by atoms with E-state index in [4.69, 9.17) is 11.6 Å². The van der Waals surface area contributed by atoms with Gasteiger partial charge in [0.25, 0.3) is 0 Å². The second kappa shape index (κ2) is 5.12. The third-order valence-electron chi connectivity index (χ3n) is 1.91. The third-order valence-corrected chi connectivity index (χ3v) is 1.91. The number of rotatable bonds is 3. The highest BCUT2D eigenvalue weighted by atomic mass is 16.5. The molecule has 0 fully saturated rings. The lowest BCUT2D eigenvalue weighted by atomic mass is 10.2. The van der Waals surface area contributed by atoms with Crippen LogP contribution in [0.1, 0.15) is 22.8 Å². The van der Waals surface area contributed by atoms with Gasteiger partial charge in [-0.05, 0) is 17.7 Å². The first-order valence-electron chi connectivity index (χ1n) is 7.21. The summed E-state index contributed by atoms with van der Waals surface area (Å²) < 4.78 is 43.0. The van der Waals surface area contributed by atoms with Gasteiger partial charge in [-0.25, -0.2) is 4.79 Å². The van der Waals surface area contributed by atoms with Crippen molar-refractivity contribution in [2.45, 2.75) is 6.61 Å². The zero-order valence-electron chi connectivity index (χ0n) is 13.4. The molecule has 0 unspecified atom stereocenters. The van der Waals surface area contributed by atoms with Crippen LogP contribution in [0.3, 0.4) is 0 Å². The van der Waals surface area contributed by atoms with Gasteiger partial charge in [-0.1, -0.05) is 48.4 Å². The predicted molar refractivity (Wildman–Crippen MR) is 62.0 cm³/mol. The molecule has 0 saturated heterocycles. The average Bonchev–Trinajstić information content (AvgIpc) is 2.51. The van der Waals surface area contributed by atoms with Crippen molar-refractivity contribution in [3.05, 3.63) is 71.7 Å². The fourth-order valence-corrected chi connectivity index (χ4v) is 1.14. The van der Waals surface area contributed by atoms with Crippen molar-refractivity contribution >= 4 is 5.97 Å². The van der Waals surface area contributed by atoms with Crippen molar-refractivity contribution in [1.82, 2.24) is 0 Å². The third kappa shape index (κ3) is 2.70. The molecule has 0 N–H and O–H groups in total. The van der Waals surface area contributed by atoms with E-state index in [1.54, 1.807) is 30.3 Å². The number of hydrogen-bond donors (Lipinski definition) is 0. The van der Waals surface area contributed by atoms with Gasteiger partial charge in [0.15, 0.2) is 0 Å². The Morgan fingerprint density at radius 1 is 1.12 bits per heavy atom. The summed E-state index contributed by atoms with van der Waals surface area (Å²) >= 11 is 0. The van der Waals surface area contributed by atoms with Crippen LogP contribution < -0.4 is 0 Å². The van der Waals surface area contributed by atoms with Gasteiger partial charge in [0.2, 0.25) is 0 Å². The van der Waals surface area contributed by atoms with Crippen molar-refractivity contribution in [3.8, 4) is 0 Å². The molecule has 2 rings (SSSR count). The molecule has 2 aromatic rings. The molecule has 2 aromatic carbocycles. The lowest BCUT2D eigenvalue weighted by molar-refractivity contribution is 0.0472. The van der Waals surface area contributed by atoms with E-state index in [-0.39, 0.29) is 24.3 Å². The Kier molecular flexibility index (Phi) is 1.87. The summed E-state index contributed by atoms with van der Waals surface area (Å²) in [5, 5.41) is 0. The van der Waals surface area contributed by atoms with Gasteiger partial charge >= 0.3 is 5.97 Å². The van der Waals surface area contributed by atoms with E-state index < -0.39 is 24.1 Å². The van der Waals surface area contributed by atoms with E-state index in [0.717, 1.165) is 0 Å². The molecule has 80 valence electrons. The average molecular weight is 217 g/mol. The molecule has 2 heteroatoms. The van der Waals surface area contributed by atoms with Gasteiger partial charge in [-0.3, -0.25) is 0 Å². The molecular formula is C14H12O2. The van der Waals surface area contributed by atoms with E-state index >= 15 is 0 Å². The Hall–Kier alpha value is -2.09. The van der Waals surface area contributed by atoms with E-state index in [2.05, 4.69) is 0 Å². The zero-order chi connectivity index (χ0) is 15.6. The number of ether oxygens (including phenoxy) is 1. The van der Waals surface area contributed by atoms with Crippen molar-refractivity contribution < 1.29 is 16.4 Å². The molecule has 0 radical (unpaired) electrons. The summed E-state index contributed by atoms with van der Waals surface area (Å²) in [5.74, 6) is -0.609. The Labute approximate surface area is 102 Å². The van der Waals surface area contributed by atoms with Crippen molar-refractivity contribution in [2.75, 3.05) is 0 Å². The molecule has 0 amide bonds. The molecule has 0 atom stereocenters. The van der Waals surface area contributed by atoms with Gasteiger partial charge in [-0.15, -0.1) is 0 Å². The highest BCUT2D eigenvalue weighted by molar-refractivity contribution is 5.89. The summed E-state index contributed by atoms with van der Waals surface area (Å²) in [4.78, 5) is 11.8. The standard InChI is InChI=1S/C14H12O2/c15-14(13-9-5-2-6-10-13)16-11-12-7-3-1-4-8-12/h1-10H,11H2/i1D,3D,4D,7D,8D. The molecule has 0 spiro atoms. The quantitative estimate of drug-likeness (QED) is 0.739. The minimum absolute atomic E-state index is 0.0368. The zero-order valence-corrected chi connectivity index (χ0v) is 8.41. The molecule has 0 aliphatic carbocycles. The first kappa shape index (κ1) is 5.85. The highest BCUT2D eigenvalue weighted by Crippen LogP contribution is 2.05. The number of esters is 1. The van der Waals surface area contributed by atoms with Gasteiger partial charge in [-0.2, -0.15) is 0 Å². The Balaban J connectivity index is 2.23. The molecule has 0 heterocycles. The number of hydrogen-bond acceptors (Lipinski definition) is 2. The molecular weight excluding hydrogens is 200 g/mol. The fraction of sp³-hybridized carbons (Fsp3) is 0.0714. The van der Waals surface area contributed by atoms with Crippen LogP contribution in [-0.2, 0) is 11.3 Å². The normalized spacial score (nSPS) is 14.1. The van der Waals surface area contributed by atoms with Crippen molar-refractivity contribution in [1.29, 1.82) is 0 Å². The maximum atomic E-state index is 11.8. The van der Waals surface area contributed by atoms with Gasteiger partial charge in [0.1, 0.15) is 6.61 Å². The first-order chi connectivity index (χ1) is 9.93. The van der Waals surface area contributed by atoms with Gasteiger partial charge < -0.3 is 4.74 Å². The SMILES string of the molecule is [2H]c1c([2H])c([2H])c(COC(=O)c2ccccc2)c([2H])c1[2H]. The van der Waals surface area contributed by atoms with Crippen molar-refractivity contribution in [2.24, 2.45) is 0 Å². The van der Waals surface area contributed by atoms with Crippen LogP contribution >= 0.6 is 0 Å². The highest BCUT2D eigenvalue weighted by Gasteiger charge is 2.05. The maximum absolute atomic E-state index is 11.8. The minimum atomic E-state index is -0.609. The van der Waals surface area contributed by atoms with Crippen LogP contribution in [0.2, 0.25) is 0 Å². The van der Waals surface area contributed by atoms with Gasteiger partial charge in [0, 0.05) is 0 Å². The largest absolute Gasteiger partial charge is 0.457 e. The second-order valence-electron chi connectivity index (χ2n) is 3.05. The molecule has 0 saturated carbocycles. The van der Waals surface area contributed by atoms with Crippen LogP contribution in [0.4, 0.5) is 0 Å².